The maximum Gasteiger partial charge on any atom is 0.161 e. The first kappa shape index (κ1) is 6.61. The normalized spacial score (nSPS) is 23.4. The molecule has 0 fully saturated rings. The standard InChI is InChI=1S/C5H8O3S/c1-8-5-2-3-9(6,7)4-5/h2H,3-4H2,1H3. The highest BCUT2D eigenvalue weighted by Gasteiger charge is 2.19. The molecule has 1 aliphatic heterocycles. The molecule has 0 bridgehead atoms. The lowest BCUT2D eigenvalue weighted by molar-refractivity contribution is 0.296. The van der Waals surface area contributed by atoms with Gasteiger partial charge >= 0.3 is 0 Å². The molecule has 0 radical (unpaired) electrons. The van der Waals surface area contributed by atoms with Crippen molar-refractivity contribution in [3.63, 3.8) is 0 Å². The van der Waals surface area contributed by atoms with Crippen LogP contribution in [0.25, 0.3) is 0 Å². The Bertz CT molecular complexity index is 225. The van der Waals surface area contributed by atoms with E-state index in [4.69, 9.17) is 4.74 Å². The van der Waals surface area contributed by atoms with E-state index in [0.717, 1.165) is 0 Å². The lowest BCUT2D eigenvalue weighted by Crippen LogP contribution is -2.03. The summed E-state index contributed by atoms with van der Waals surface area (Å²) in [5, 5.41) is 0. The van der Waals surface area contributed by atoms with E-state index < -0.39 is 9.84 Å². The largest absolute Gasteiger partial charge is 0.500 e. The van der Waals surface area contributed by atoms with Crippen LogP contribution in [0.4, 0.5) is 0 Å². The van der Waals surface area contributed by atoms with Gasteiger partial charge in [-0.05, 0) is 6.08 Å². The average Bonchev–Trinajstić information content (AvgIpc) is 2.10. The first-order valence-corrected chi connectivity index (χ1v) is 4.39. The second-order valence-electron chi connectivity index (χ2n) is 1.93. The maximum atomic E-state index is 10.7. The fraction of sp³-hybridized carbons (Fsp3) is 0.600. The molecule has 0 aromatic carbocycles. The van der Waals surface area contributed by atoms with E-state index in [1.807, 2.05) is 0 Å². The van der Waals surface area contributed by atoms with Crippen molar-refractivity contribution in [1.29, 1.82) is 0 Å². The third kappa shape index (κ3) is 1.45. The van der Waals surface area contributed by atoms with Crippen molar-refractivity contribution in [3.8, 4) is 0 Å². The smallest absolute Gasteiger partial charge is 0.161 e. The van der Waals surface area contributed by atoms with Gasteiger partial charge in [0.1, 0.15) is 11.5 Å². The quantitative estimate of drug-likeness (QED) is 0.523. The molecule has 9 heavy (non-hydrogen) atoms. The molecular weight excluding hydrogens is 140 g/mol. The third-order valence-corrected chi connectivity index (χ3v) is 2.59. The van der Waals surface area contributed by atoms with E-state index in [2.05, 4.69) is 0 Å². The molecule has 0 aromatic rings. The monoisotopic (exact) mass is 148 g/mol. The van der Waals surface area contributed by atoms with Crippen LogP contribution < -0.4 is 0 Å². The van der Waals surface area contributed by atoms with Crippen molar-refractivity contribution in [2.75, 3.05) is 18.6 Å². The zero-order valence-corrected chi connectivity index (χ0v) is 5.94. The molecule has 3 nitrogen and oxygen atoms in total. The van der Waals surface area contributed by atoms with Crippen LogP contribution in [0.1, 0.15) is 0 Å². The first-order valence-electron chi connectivity index (χ1n) is 2.57. The highest BCUT2D eigenvalue weighted by atomic mass is 32.2. The Balaban J connectivity index is 2.71. The van der Waals surface area contributed by atoms with Gasteiger partial charge in [0.05, 0.1) is 12.9 Å². The first-order chi connectivity index (χ1) is 4.14. The number of ether oxygens (including phenoxy) is 1. The van der Waals surface area contributed by atoms with Gasteiger partial charge in [0.2, 0.25) is 0 Å². The van der Waals surface area contributed by atoms with Crippen LogP contribution in [-0.2, 0) is 14.6 Å². The zero-order valence-electron chi connectivity index (χ0n) is 5.12. The summed E-state index contributed by atoms with van der Waals surface area (Å²) in [6.07, 6.45) is 1.59. The predicted octanol–water partition coefficient (Wildman–Crippen LogP) is -0.0549. The lowest BCUT2D eigenvalue weighted by Gasteiger charge is -1.94. The molecule has 0 aliphatic carbocycles. The summed E-state index contributed by atoms with van der Waals surface area (Å²) in [5.41, 5.74) is 0. The molecule has 0 spiro atoms. The molecule has 52 valence electrons. The number of methoxy groups -OCH3 is 1. The van der Waals surface area contributed by atoms with Gasteiger partial charge in [-0.3, -0.25) is 0 Å². The molecule has 0 unspecified atom stereocenters. The Kier molecular flexibility index (Phi) is 1.48. The Morgan fingerprint density at radius 3 is 2.56 bits per heavy atom. The minimum atomic E-state index is -2.83. The van der Waals surface area contributed by atoms with Crippen LogP contribution in [-0.4, -0.2) is 27.0 Å². The maximum absolute atomic E-state index is 10.7. The zero-order chi connectivity index (χ0) is 6.91. The highest BCUT2D eigenvalue weighted by Crippen LogP contribution is 2.10. The van der Waals surface area contributed by atoms with Crippen LogP contribution in [0.5, 0.6) is 0 Å². The number of sulfone groups is 1. The van der Waals surface area contributed by atoms with E-state index in [9.17, 15) is 8.42 Å². The Hall–Kier alpha value is -0.510. The second-order valence-corrected chi connectivity index (χ2v) is 4.04. The summed E-state index contributed by atoms with van der Waals surface area (Å²) >= 11 is 0. The number of rotatable bonds is 1. The van der Waals surface area contributed by atoms with Crippen molar-refractivity contribution in [1.82, 2.24) is 0 Å². The Morgan fingerprint density at radius 2 is 2.33 bits per heavy atom. The molecule has 1 heterocycles. The van der Waals surface area contributed by atoms with Gasteiger partial charge in [0.15, 0.2) is 9.84 Å². The highest BCUT2D eigenvalue weighted by molar-refractivity contribution is 7.92. The summed E-state index contributed by atoms with van der Waals surface area (Å²) < 4.78 is 26.1. The Labute approximate surface area is 54.2 Å². The molecule has 0 N–H and O–H groups in total. The fourth-order valence-corrected chi connectivity index (χ4v) is 1.92. The summed E-state index contributed by atoms with van der Waals surface area (Å²) in [7, 11) is -1.35. The molecule has 1 rings (SSSR count). The molecule has 0 amide bonds. The molecular formula is C5H8O3S. The van der Waals surface area contributed by atoms with Crippen LogP contribution >= 0.6 is 0 Å². The minimum Gasteiger partial charge on any atom is -0.500 e. The van der Waals surface area contributed by atoms with Gasteiger partial charge in [-0.25, -0.2) is 8.42 Å². The van der Waals surface area contributed by atoms with Crippen LogP contribution in [0.15, 0.2) is 11.8 Å². The SMILES string of the molecule is COC1=CCS(=O)(=O)C1. The molecule has 0 atom stereocenters. The summed E-state index contributed by atoms with van der Waals surface area (Å²) in [6, 6.07) is 0. The average molecular weight is 148 g/mol. The Morgan fingerprint density at radius 1 is 1.67 bits per heavy atom. The van der Waals surface area contributed by atoms with Crippen molar-refractivity contribution in [2.45, 2.75) is 0 Å². The van der Waals surface area contributed by atoms with E-state index in [1.54, 1.807) is 6.08 Å². The van der Waals surface area contributed by atoms with Gasteiger partial charge in [0.25, 0.3) is 0 Å². The molecule has 0 aromatic heterocycles. The molecule has 0 saturated heterocycles. The molecule has 4 heteroatoms. The lowest BCUT2D eigenvalue weighted by atomic mass is 10.5. The van der Waals surface area contributed by atoms with Gasteiger partial charge in [-0.15, -0.1) is 0 Å². The predicted molar refractivity (Wildman–Crippen MR) is 33.7 cm³/mol. The van der Waals surface area contributed by atoms with Gasteiger partial charge in [-0.2, -0.15) is 0 Å². The molecule has 0 saturated carbocycles. The van der Waals surface area contributed by atoms with Crippen molar-refractivity contribution < 1.29 is 13.2 Å². The van der Waals surface area contributed by atoms with Crippen molar-refractivity contribution in [2.24, 2.45) is 0 Å². The minimum absolute atomic E-state index is 0.0729. The van der Waals surface area contributed by atoms with E-state index in [0.29, 0.717) is 5.76 Å². The van der Waals surface area contributed by atoms with Crippen LogP contribution in [0.2, 0.25) is 0 Å². The van der Waals surface area contributed by atoms with Gasteiger partial charge in [-0.1, -0.05) is 0 Å². The third-order valence-electron chi connectivity index (χ3n) is 1.19. The second kappa shape index (κ2) is 2.02. The van der Waals surface area contributed by atoms with E-state index >= 15 is 0 Å². The number of hydrogen-bond donors (Lipinski definition) is 0. The van der Waals surface area contributed by atoms with Crippen molar-refractivity contribution >= 4 is 9.84 Å². The van der Waals surface area contributed by atoms with Crippen LogP contribution in [0.3, 0.4) is 0 Å². The topological polar surface area (TPSA) is 43.4 Å². The van der Waals surface area contributed by atoms with Gasteiger partial charge < -0.3 is 4.74 Å². The fourth-order valence-electron chi connectivity index (χ4n) is 0.697. The number of hydrogen-bond acceptors (Lipinski definition) is 3. The van der Waals surface area contributed by atoms with E-state index in [-0.39, 0.29) is 11.5 Å². The van der Waals surface area contributed by atoms with Gasteiger partial charge in [0, 0.05) is 0 Å². The van der Waals surface area contributed by atoms with E-state index in [1.165, 1.54) is 7.11 Å². The van der Waals surface area contributed by atoms with Crippen LogP contribution in [0, 0.1) is 0 Å². The summed E-state index contributed by atoms with van der Waals surface area (Å²) in [4.78, 5) is 0. The summed E-state index contributed by atoms with van der Waals surface area (Å²) in [5.74, 6) is 0.773. The van der Waals surface area contributed by atoms with Crippen molar-refractivity contribution in [3.05, 3.63) is 11.8 Å². The summed E-state index contributed by atoms with van der Waals surface area (Å²) in [6.45, 7) is 0. The molecule has 1 aliphatic rings.